The first-order chi connectivity index (χ1) is 5.24. The van der Waals surface area contributed by atoms with Gasteiger partial charge in [-0.05, 0) is 18.9 Å². The lowest BCUT2D eigenvalue weighted by atomic mass is 9.99. The van der Waals surface area contributed by atoms with Crippen molar-refractivity contribution >= 4 is 0 Å². The second kappa shape index (κ2) is 6.41. The first-order valence-electron chi connectivity index (χ1n) is 4.60. The van der Waals surface area contributed by atoms with E-state index in [1.54, 1.807) is 0 Å². The molecule has 1 nitrogen and oxygen atoms in total. The number of nitrogens with one attached hydrogen (secondary N) is 1. The molecule has 0 saturated heterocycles. The van der Waals surface area contributed by atoms with Gasteiger partial charge in [-0.15, -0.1) is 6.58 Å². The standard InChI is InChI=1S/C10H21N/c1-5-9(4)8-10(6-2)11-7-3/h6,9-11H,2,5,7-8H2,1,3-4H3. The predicted molar refractivity (Wildman–Crippen MR) is 51.7 cm³/mol. The van der Waals surface area contributed by atoms with E-state index in [0.29, 0.717) is 6.04 Å². The highest BCUT2D eigenvalue weighted by Crippen LogP contribution is 2.09. The molecule has 0 heterocycles. The van der Waals surface area contributed by atoms with E-state index in [-0.39, 0.29) is 0 Å². The Morgan fingerprint density at radius 3 is 2.45 bits per heavy atom. The lowest BCUT2D eigenvalue weighted by molar-refractivity contribution is 0.444. The van der Waals surface area contributed by atoms with Crippen molar-refractivity contribution in [3.63, 3.8) is 0 Å². The summed E-state index contributed by atoms with van der Waals surface area (Å²) in [6.07, 6.45) is 4.49. The Balaban J connectivity index is 3.58. The molecule has 0 aliphatic carbocycles. The Bertz CT molecular complexity index is 99.0. The summed E-state index contributed by atoms with van der Waals surface area (Å²) in [5.41, 5.74) is 0. The van der Waals surface area contributed by atoms with E-state index < -0.39 is 0 Å². The second-order valence-electron chi connectivity index (χ2n) is 3.15. The van der Waals surface area contributed by atoms with Gasteiger partial charge >= 0.3 is 0 Å². The first-order valence-corrected chi connectivity index (χ1v) is 4.60. The van der Waals surface area contributed by atoms with E-state index in [1.807, 2.05) is 6.08 Å². The zero-order valence-electron chi connectivity index (χ0n) is 8.06. The fourth-order valence-corrected chi connectivity index (χ4v) is 1.13. The van der Waals surface area contributed by atoms with Crippen molar-refractivity contribution in [3.05, 3.63) is 12.7 Å². The topological polar surface area (TPSA) is 12.0 Å². The zero-order valence-corrected chi connectivity index (χ0v) is 8.06. The molecular formula is C10H21N. The number of rotatable bonds is 6. The highest BCUT2D eigenvalue weighted by Gasteiger charge is 2.06. The maximum absolute atomic E-state index is 3.80. The van der Waals surface area contributed by atoms with E-state index in [2.05, 4.69) is 32.7 Å². The molecule has 0 aromatic heterocycles. The van der Waals surface area contributed by atoms with Gasteiger partial charge < -0.3 is 5.32 Å². The lowest BCUT2D eigenvalue weighted by Gasteiger charge is -2.16. The van der Waals surface area contributed by atoms with Crippen LogP contribution < -0.4 is 5.32 Å². The van der Waals surface area contributed by atoms with E-state index >= 15 is 0 Å². The number of likely N-dealkylation sites (N-methyl/N-ethyl adjacent to an activating group) is 1. The molecule has 0 amide bonds. The molecule has 0 aliphatic heterocycles. The molecule has 0 rings (SSSR count). The van der Waals surface area contributed by atoms with E-state index in [4.69, 9.17) is 0 Å². The van der Waals surface area contributed by atoms with Crippen LogP contribution in [-0.4, -0.2) is 12.6 Å². The zero-order chi connectivity index (χ0) is 8.69. The summed E-state index contributed by atoms with van der Waals surface area (Å²) in [6, 6.07) is 0.509. The third-order valence-electron chi connectivity index (χ3n) is 2.10. The van der Waals surface area contributed by atoms with Crippen LogP contribution in [0.15, 0.2) is 12.7 Å². The lowest BCUT2D eigenvalue weighted by Crippen LogP contribution is -2.28. The van der Waals surface area contributed by atoms with Gasteiger partial charge in [0.15, 0.2) is 0 Å². The molecule has 0 bridgehead atoms. The van der Waals surface area contributed by atoms with Crippen LogP contribution in [0.1, 0.15) is 33.6 Å². The van der Waals surface area contributed by atoms with Crippen molar-refractivity contribution in [2.24, 2.45) is 5.92 Å². The third-order valence-corrected chi connectivity index (χ3v) is 2.10. The molecular weight excluding hydrogens is 134 g/mol. The molecule has 0 aromatic carbocycles. The van der Waals surface area contributed by atoms with Gasteiger partial charge in [0.2, 0.25) is 0 Å². The second-order valence-corrected chi connectivity index (χ2v) is 3.15. The minimum Gasteiger partial charge on any atom is -0.311 e. The van der Waals surface area contributed by atoms with E-state index in [9.17, 15) is 0 Å². The summed E-state index contributed by atoms with van der Waals surface area (Å²) in [5.74, 6) is 0.803. The highest BCUT2D eigenvalue weighted by molar-refractivity contribution is 4.85. The van der Waals surface area contributed by atoms with Crippen molar-refractivity contribution in [1.82, 2.24) is 5.32 Å². The Kier molecular flexibility index (Phi) is 6.24. The molecule has 2 unspecified atom stereocenters. The van der Waals surface area contributed by atoms with Crippen molar-refractivity contribution < 1.29 is 0 Å². The van der Waals surface area contributed by atoms with Gasteiger partial charge in [-0.25, -0.2) is 0 Å². The maximum atomic E-state index is 3.80. The fraction of sp³-hybridized carbons (Fsp3) is 0.800. The minimum absolute atomic E-state index is 0.509. The maximum Gasteiger partial charge on any atom is 0.0249 e. The first kappa shape index (κ1) is 10.7. The molecule has 0 aliphatic rings. The molecule has 0 aromatic rings. The van der Waals surface area contributed by atoms with E-state index in [0.717, 1.165) is 12.5 Å². The van der Waals surface area contributed by atoms with Crippen LogP contribution in [0.2, 0.25) is 0 Å². The average molecular weight is 155 g/mol. The van der Waals surface area contributed by atoms with Gasteiger partial charge in [-0.1, -0.05) is 33.3 Å². The van der Waals surface area contributed by atoms with Crippen LogP contribution in [0.4, 0.5) is 0 Å². The minimum atomic E-state index is 0.509. The van der Waals surface area contributed by atoms with Crippen LogP contribution in [0.5, 0.6) is 0 Å². The van der Waals surface area contributed by atoms with Crippen LogP contribution in [0.25, 0.3) is 0 Å². The Hall–Kier alpha value is -0.300. The summed E-state index contributed by atoms with van der Waals surface area (Å²) in [4.78, 5) is 0. The summed E-state index contributed by atoms with van der Waals surface area (Å²) in [6.45, 7) is 11.5. The van der Waals surface area contributed by atoms with Crippen LogP contribution in [-0.2, 0) is 0 Å². The predicted octanol–water partition coefficient (Wildman–Crippen LogP) is 2.59. The molecule has 1 N–H and O–H groups in total. The molecule has 0 saturated carbocycles. The van der Waals surface area contributed by atoms with Crippen molar-refractivity contribution in [2.45, 2.75) is 39.7 Å². The Morgan fingerprint density at radius 1 is 1.45 bits per heavy atom. The van der Waals surface area contributed by atoms with Gasteiger partial charge in [0.05, 0.1) is 0 Å². The molecule has 1 heteroatoms. The summed E-state index contributed by atoms with van der Waals surface area (Å²) in [5, 5.41) is 3.38. The summed E-state index contributed by atoms with van der Waals surface area (Å²) >= 11 is 0. The van der Waals surface area contributed by atoms with Gasteiger partial charge in [-0.3, -0.25) is 0 Å². The quantitative estimate of drug-likeness (QED) is 0.581. The average Bonchev–Trinajstić information content (AvgIpc) is 2.03. The molecule has 66 valence electrons. The third kappa shape index (κ3) is 5.02. The monoisotopic (exact) mass is 155 g/mol. The SMILES string of the molecule is C=CC(CC(C)CC)NCC. The Morgan fingerprint density at radius 2 is 2.09 bits per heavy atom. The molecule has 0 spiro atoms. The van der Waals surface area contributed by atoms with Crippen LogP contribution in [0.3, 0.4) is 0 Å². The molecule has 11 heavy (non-hydrogen) atoms. The van der Waals surface area contributed by atoms with Crippen LogP contribution in [0, 0.1) is 5.92 Å². The fourth-order valence-electron chi connectivity index (χ4n) is 1.13. The van der Waals surface area contributed by atoms with Gasteiger partial charge in [0.25, 0.3) is 0 Å². The van der Waals surface area contributed by atoms with Crippen molar-refractivity contribution in [3.8, 4) is 0 Å². The number of hydrogen-bond donors (Lipinski definition) is 1. The van der Waals surface area contributed by atoms with Crippen molar-refractivity contribution in [2.75, 3.05) is 6.54 Å². The smallest absolute Gasteiger partial charge is 0.0249 e. The van der Waals surface area contributed by atoms with Crippen molar-refractivity contribution in [1.29, 1.82) is 0 Å². The molecule has 0 fully saturated rings. The summed E-state index contributed by atoms with van der Waals surface area (Å²) < 4.78 is 0. The molecule has 2 atom stereocenters. The Labute approximate surface area is 70.9 Å². The normalized spacial score (nSPS) is 15.9. The van der Waals surface area contributed by atoms with Gasteiger partial charge in [0, 0.05) is 6.04 Å². The largest absolute Gasteiger partial charge is 0.311 e. The highest BCUT2D eigenvalue weighted by atomic mass is 14.9. The summed E-state index contributed by atoms with van der Waals surface area (Å²) in [7, 11) is 0. The number of hydrogen-bond acceptors (Lipinski definition) is 1. The molecule has 0 radical (unpaired) electrons. The van der Waals surface area contributed by atoms with Gasteiger partial charge in [-0.2, -0.15) is 0 Å². The van der Waals surface area contributed by atoms with E-state index in [1.165, 1.54) is 12.8 Å². The van der Waals surface area contributed by atoms with Crippen LogP contribution >= 0.6 is 0 Å². The van der Waals surface area contributed by atoms with Gasteiger partial charge in [0.1, 0.15) is 0 Å².